The van der Waals surface area contributed by atoms with E-state index in [1.54, 1.807) is 0 Å². The molecule has 0 aromatic carbocycles. The van der Waals surface area contributed by atoms with Crippen molar-refractivity contribution in [2.45, 2.75) is 33.1 Å². The fourth-order valence-corrected chi connectivity index (χ4v) is 3.02. The Kier molecular flexibility index (Phi) is 1.32. The molecule has 0 aromatic rings. The van der Waals surface area contributed by atoms with E-state index >= 15 is 0 Å². The average Bonchev–Trinajstić information content (AvgIpc) is 2.44. The molecule has 0 radical (unpaired) electrons. The molecule has 11 heavy (non-hydrogen) atoms. The van der Waals surface area contributed by atoms with Gasteiger partial charge in [0.2, 0.25) is 0 Å². The molecule has 0 heteroatoms. The van der Waals surface area contributed by atoms with Gasteiger partial charge in [0.1, 0.15) is 0 Å². The molecule has 0 spiro atoms. The van der Waals surface area contributed by atoms with Gasteiger partial charge in [-0.1, -0.05) is 20.4 Å². The van der Waals surface area contributed by atoms with Crippen LogP contribution in [0.15, 0.2) is 17.9 Å². The smallest absolute Gasteiger partial charge is 0.00378 e. The highest BCUT2D eigenvalue weighted by Crippen LogP contribution is 2.58. The van der Waals surface area contributed by atoms with Gasteiger partial charge in [-0.05, 0) is 42.1 Å². The summed E-state index contributed by atoms with van der Waals surface area (Å²) >= 11 is 0. The third-order valence-electron chi connectivity index (χ3n) is 3.75. The summed E-state index contributed by atoms with van der Waals surface area (Å²) in [6.45, 7) is 8.50. The van der Waals surface area contributed by atoms with Gasteiger partial charge in [-0.15, -0.1) is 5.73 Å². The van der Waals surface area contributed by atoms with Crippen molar-refractivity contribution in [3.63, 3.8) is 0 Å². The molecule has 2 rings (SSSR count). The molecule has 2 unspecified atom stereocenters. The first-order valence-electron chi connectivity index (χ1n) is 4.56. The lowest BCUT2D eigenvalue weighted by atomic mass is 9.73. The van der Waals surface area contributed by atoms with Crippen LogP contribution in [0.4, 0.5) is 0 Å². The summed E-state index contributed by atoms with van der Waals surface area (Å²) in [5.41, 5.74) is 5.08. The van der Waals surface area contributed by atoms with Crippen LogP contribution in [0.25, 0.3) is 0 Å². The molecule has 0 aliphatic heterocycles. The van der Waals surface area contributed by atoms with E-state index < -0.39 is 0 Å². The summed E-state index contributed by atoms with van der Waals surface area (Å²) in [4.78, 5) is 0. The molecule has 0 heterocycles. The Bertz CT molecular complexity index is 228. The third-order valence-corrected chi connectivity index (χ3v) is 3.75. The monoisotopic (exact) mass is 148 g/mol. The number of hydrogen-bond donors (Lipinski definition) is 0. The van der Waals surface area contributed by atoms with Gasteiger partial charge in [0.25, 0.3) is 0 Å². The van der Waals surface area contributed by atoms with Crippen LogP contribution in [-0.4, -0.2) is 0 Å². The first kappa shape index (κ1) is 7.18. The maximum absolute atomic E-state index is 3.80. The van der Waals surface area contributed by atoms with E-state index in [0.29, 0.717) is 5.41 Å². The number of allylic oxidation sites excluding steroid dienone is 1. The quantitative estimate of drug-likeness (QED) is 0.463. The van der Waals surface area contributed by atoms with E-state index in [-0.39, 0.29) is 0 Å². The Morgan fingerprint density at radius 3 is 2.55 bits per heavy atom. The molecule has 0 saturated heterocycles. The Labute approximate surface area is 69.0 Å². The molecule has 0 nitrogen and oxygen atoms in total. The van der Waals surface area contributed by atoms with Crippen LogP contribution < -0.4 is 0 Å². The van der Waals surface area contributed by atoms with Crippen molar-refractivity contribution in [1.29, 1.82) is 0 Å². The summed E-state index contributed by atoms with van der Waals surface area (Å²) in [6, 6.07) is 0. The van der Waals surface area contributed by atoms with E-state index in [4.69, 9.17) is 0 Å². The van der Waals surface area contributed by atoms with Crippen molar-refractivity contribution in [1.82, 2.24) is 0 Å². The van der Waals surface area contributed by atoms with Crippen LogP contribution in [0, 0.1) is 17.3 Å². The number of rotatable bonds is 0. The SMILES string of the molecule is C=C=C1C2CCC(C2)C1(C)C. The van der Waals surface area contributed by atoms with E-state index in [9.17, 15) is 0 Å². The lowest BCUT2D eigenvalue weighted by molar-refractivity contribution is 0.288. The largest absolute Gasteiger partial charge is 0.129 e. The predicted octanol–water partition coefficient (Wildman–Crippen LogP) is 3.15. The molecule has 2 atom stereocenters. The Hall–Kier alpha value is -0.480. The Morgan fingerprint density at radius 1 is 1.45 bits per heavy atom. The molecule has 0 amide bonds. The van der Waals surface area contributed by atoms with E-state index in [1.807, 2.05) is 0 Å². The molecule has 60 valence electrons. The second kappa shape index (κ2) is 2.01. The van der Waals surface area contributed by atoms with Crippen molar-refractivity contribution in [3.8, 4) is 0 Å². The molecular weight excluding hydrogens is 132 g/mol. The Morgan fingerprint density at radius 2 is 2.18 bits per heavy atom. The summed E-state index contributed by atoms with van der Waals surface area (Å²) < 4.78 is 0. The number of fused-ring (bicyclic) bond motifs is 2. The molecule has 2 aliphatic carbocycles. The van der Waals surface area contributed by atoms with E-state index in [1.165, 1.54) is 24.8 Å². The standard InChI is InChI=1S/C11H16/c1-4-10-8-5-6-9(7-8)11(10,2)3/h8-9H,1,5-7H2,2-3H3. The highest BCUT2D eigenvalue weighted by molar-refractivity contribution is 5.24. The molecule has 0 aromatic heterocycles. The van der Waals surface area contributed by atoms with Crippen LogP contribution in [0.3, 0.4) is 0 Å². The predicted molar refractivity (Wildman–Crippen MR) is 47.3 cm³/mol. The fourth-order valence-electron chi connectivity index (χ4n) is 3.02. The van der Waals surface area contributed by atoms with Gasteiger partial charge in [-0.3, -0.25) is 0 Å². The molecule has 0 N–H and O–H groups in total. The first-order valence-corrected chi connectivity index (χ1v) is 4.56. The van der Waals surface area contributed by atoms with Crippen LogP contribution in [0.1, 0.15) is 33.1 Å². The zero-order chi connectivity index (χ0) is 8.06. The highest BCUT2D eigenvalue weighted by Gasteiger charge is 2.48. The van der Waals surface area contributed by atoms with Crippen molar-refractivity contribution in [3.05, 3.63) is 17.9 Å². The number of hydrogen-bond acceptors (Lipinski definition) is 0. The zero-order valence-electron chi connectivity index (χ0n) is 7.48. The molecule has 2 fully saturated rings. The minimum atomic E-state index is 0.421. The minimum Gasteiger partial charge on any atom is -0.129 e. The van der Waals surface area contributed by atoms with Gasteiger partial charge in [0, 0.05) is 0 Å². The first-order chi connectivity index (χ1) is 5.16. The maximum Gasteiger partial charge on any atom is -0.00378 e. The van der Waals surface area contributed by atoms with Crippen molar-refractivity contribution in [2.24, 2.45) is 17.3 Å². The van der Waals surface area contributed by atoms with Crippen LogP contribution in [0.5, 0.6) is 0 Å². The van der Waals surface area contributed by atoms with Crippen LogP contribution in [0.2, 0.25) is 0 Å². The average molecular weight is 148 g/mol. The van der Waals surface area contributed by atoms with Crippen molar-refractivity contribution in [2.75, 3.05) is 0 Å². The zero-order valence-corrected chi connectivity index (χ0v) is 7.48. The van der Waals surface area contributed by atoms with Gasteiger partial charge in [-0.25, -0.2) is 0 Å². The molecule has 2 bridgehead atoms. The fraction of sp³-hybridized carbons (Fsp3) is 0.727. The van der Waals surface area contributed by atoms with E-state index in [2.05, 4.69) is 26.2 Å². The van der Waals surface area contributed by atoms with Gasteiger partial charge in [0.15, 0.2) is 0 Å². The molecular formula is C11H16. The summed E-state index contributed by atoms with van der Waals surface area (Å²) in [6.07, 6.45) is 4.24. The van der Waals surface area contributed by atoms with Crippen LogP contribution >= 0.6 is 0 Å². The van der Waals surface area contributed by atoms with E-state index in [0.717, 1.165) is 11.8 Å². The second-order valence-electron chi connectivity index (χ2n) is 4.52. The second-order valence-corrected chi connectivity index (χ2v) is 4.52. The molecule has 2 saturated carbocycles. The van der Waals surface area contributed by atoms with Gasteiger partial charge < -0.3 is 0 Å². The van der Waals surface area contributed by atoms with Crippen LogP contribution in [-0.2, 0) is 0 Å². The normalized spacial score (nSPS) is 39.3. The van der Waals surface area contributed by atoms with Gasteiger partial charge in [0.05, 0.1) is 0 Å². The lowest BCUT2D eigenvalue weighted by Crippen LogP contribution is -2.22. The van der Waals surface area contributed by atoms with Crippen molar-refractivity contribution < 1.29 is 0 Å². The van der Waals surface area contributed by atoms with Gasteiger partial charge in [-0.2, -0.15) is 0 Å². The molecule has 2 aliphatic rings. The highest BCUT2D eigenvalue weighted by atomic mass is 14.5. The Balaban J connectivity index is 2.43. The minimum absolute atomic E-state index is 0.421. The summed E-state index contributed by atoms with van der Waals surface area (Å²) in [5, 5.41) is 0. The summed E-state index contributed by atoms with van der Waals surface area (Å²) in [5.74, 6) is 1.77. The lowest BCUT2D eigenvalue weighted by Gasteiger charge is -2.31. The van der Waals surface area contributed by atoms with Gasteiger partial charge >= 0.3 is 0 Å². The third kappa shape index (κ3) is 0.765. The summed E-state index contributed by atoms with van der Waals surface area (Å²) in [7, 11) is 0. The van der Waals surface area contributed by atoms with Crippen molar-refractivity contribution >= 4 is 0 Å². The maximum atomic E-state index is 3.80. The topological polar surface area (TPSA) is 0 Å².